The topological polar surface area (TPSA) is 102 Å². The van der Waals surface area contributed by atoms with Crippen LogP contribution >= 0.6 is 0 Å². The van der Waals surface area contributed by atoms with Crippen LogP contribution in [0.4, 0.5) is 0 Å². The molecule has 0 fully saturated rings. The molecule has 0 spiro atoms. The van der Waals surface area contributed by atoms with Crippen molar-refractivity contribution in [3.05, 3.63) is 41.5 Å². The molecule has 1 heterocycles. The fourth-order valence-corrected chi connectivity index (χ4v) is 2.76. The molecular formula is C21H22O9. The number of rotatable bonds is 10. The third-order valence-electron chi connectivity index (χ3n) is 4.15. The predicted molar refractivity (Wildman–Crippen MR) is 106 cm³/mol. The van der Waals surface area contributed by atoms with Crippen LogP contribution in [0.3, 0.4) is 0 Å². The van der Waals surface area contributed by atoms with E-state index in [1.165, 1.54) is 39.5 Å². The molecule has 0 atom stereocenters. The lowest BCUT2D eigenvalue weighted by molar-refractivity contribution is 0.0489. The Morgan fingerprint density at radius 1 is 1.03 bits per heavy atom. The minimum absolute atomic E-state index is 0.0232. The van der Waals surface area contributed by atoms with E-state index in [1.807, 2.05) is 0 Å². The lowest BCUT2D eigenvalue weighted by Gasteiger charge is -2.13. The zero-order chi connectivity index (χ0) is 21.5. The second-order valence-electron chi connectivity index (χ2n) is 6.04. The fraction of sp³-hybridized carbons (Fsp3) is 0.286. The zero-order valence-electron chi connectivity index (χ0n) is 16.8. The number of fused-ring (bicyclic) bond motifs is 1. The van der Waals surface area contributed by atoms with Crippen molar-refractivity contribution in [2.24, 2.45) is 0 Å². The highest BCUT2D eigenvalue weighted by molar-refractivity contribution is 6.09. The number of ketones is 1. The number of aromatic hydroxyl groups is 1. The van der Waals surface area contributed by atoms with Gasteiger partial charge in [0.05, 0.1) is 12.7 Å². The van der Waals surface area contributed by atoms with E-state index in [1.54, 1.807) is 18.2 Å². The summed E-state index contributed by atoms with van der Waals surface area (Å²) >= 11 is 0. The second-order valence-corrected chi connectivity index (χ2v) is 6.04. The Morgan fingerprint density at radius 3 is 2.37 bits per heavy atom. The second kappa shape index (κ2) is 9.86. The van der Waals surface area contributed by atoms with Gasteiger partial charge >= 0.3 is 0 Å². The third kappa shape index (κ3) is 4.58. The number of phenols is 1. The lowest BCUT2D eigenvalue weighted by atomic mass is 10.1. The molecule has 160 valence electrons. The summed E-state index contributed by atoms with van der Waals surface area (Å²) in [5, 5.41) is 10.5. The zero-order valence-corrected chi connectivity index (χ0v) is 16.8. The summed E-state index contributed by atoms with van der Waals surface area (Å²) in [7, 11) is 4.34. The minimum Gasteiger partial charge on any atom is -0.504 e. The summed E-state index contributed by atoms with van der Waals surface area (Å²) in [4.78, 5) is 12.7. The first-order valence-electron chi connectivity index (χ1n) is 8.88. The van der Waals surface area contributed by atoms with Crippen LogP contribution in [-0.4, -0.2) is 52.6 Å². The first-order chi connectivity index (χ1) is 14.6. The van der Waals surface area contributed by atoms with Crippen LogP contribution in [0.25, 0.3) is 6.08 Å². The van der Waals surface area contributed by atoms with Gasteiger partial charge in [-0.05, 0) is 30.4 Å². The number of phenolic OH excluding ortho intramolecular Hbond substituents is 1. The van der Waals surface area contributed by atoms with Crippen molar-refractivity contribution in [2.75, 3.05) is 41.7 Å². The Morgan fingerprint density at radius 2 is 1.70 bits per heavy atom. The van der Waals surface area contributed by atoms with Crippen molar-refractivity contribution in [1.82, 2.24) is 0 Å². The van der Waals surface area contributed by atoms with Gasteiger partial charge in [-0.3, -0.25) is 4.79 Å². The van der Waals surface area contributed by atoms with E-state index in [0.717, 1.165) is 0 Å². The van der Waals surface area contributed by atoms with Gasteiger partial charge in [0, 0.05) is 25.8 Å². The van der Waals surface area contributed by atoms with Crippen LogP contribution < -0.4 is 23.7 Å². The van der Waals surface area contributed by atoms with Gasteiger partial charge < -0.3 is 38.3 Å². The smallest absolute Gasteiger partial charge is 0.231 e. The quantitative estimate of drug-likeness (QED) is 0.354. The van der Waals surface area contributed by atoms with Crippen molar-refractivity contribution in [1.29, 1.82) is 0 Å². The summed E-state index contributed by atoms with van der Waals surface area (Å²) in [5.41, 5.74) is 0.629. The van der Waals surface area contributed by atoms with Crippen LogP contribution in [0, 0.1) is 0 Å². The number of ether oxygens (including phenoxy) is 7. The summed E-state index contributed by atoms with van der Waals surface area (Å²) in [6.07, 6.45) is 2.86. The van der Waals surface area contributed by atoms with Crippen molar-refractivity contribution in [3.8, 4) is 34.5 Å². The Bertz CT molecular complexity index is 937. The number of hydrogen-bond acceptors (Lipinski definition) is 9. The van der Waals surface area contributed by atoms with E-state index in [2.05, 4.69) is 0 Å². The van der Waals surface area contributed by atoms with Gasteiger partial charge in [0.25, 0.3) is 0 Å². The van der Waals surface area contributed by atoms with E-state index < -0.39 is 5.78 Å². The first kappa shape index (κ1) is 21.3. The summed E-state index contributed by atoms with van der Waals surface area (Å²) in [6.45, 7) is 0.100. The molecular weight excluding hydrogens is 396 g/mol. The van der Waals surface area contributed by atoms with Crippen LogP contribution in [0.2, 0.25) is 0 Å². The molecule has 9 heteroatoms. The van der Waals surface area contributed by atoms with Crippen molar-refractivity contribution >= 4 is 11.9 Å². The molecule has 0 amide bonds. The van der Waals surface area contributed by atoms with Gasteiger partial charge in [-0.25, -0.2) is 0 Å². The number of benzene rings is 2. The molecule has 0 aromatic heterocycles. The lowest BCUT2D eigenvalue weighted by Crippen LogP contribution is -2.03. The molecule has 0 radical (unpaired) electrons. The molecule has 30 heavy (non-hydrogen) atoms. The van der Waals surface area contributed by atoms with E-state index in [9.17, 15) is 9.90 Å². The van der Waals surface area contributed by atoms with Crippen molar-refractivity contribution in [3.63, 3.8) is 0 Å². The molecule has 0 bridgehead atoms. The van der Waals surface area contributed by atoms with E-state index >= 15 is 0 Å². The average Bonchev–Trinajstić information content (AvgIpc) is 3.21. The first-order valence-corrected chi connectivity index (χ1v) is 8.88. The van der Waals surface area contributed by atoms with E-state index in [-0.39, 0.29) is 43.2 Å². The highest BCUT2D eigenvalue weighted by Crippen LogP contribution is 2.40. The Labute approximate surface area is 173 Å². The van der Waals surface area contributed by atoms with Gasteiger partial charge in [0.2, 0.25) is 12.5 Å². The van der Waals surface area contributed by atoms with E-state index in [4.69, 9.17) is 33.2 Å². The summed E-state index contributed by atoms with van der Waals surface area (Å²) in [6, 6.07) is 6.32. The van der Waals surface area contributed by atoms with Crippen LogP contribution in [0.1, 0.15) is 15.9 Å². The normalized spacial score (nSPS) is 12.2. The molecule has 0 saturated heterocycles. The number of carbonyl (C=O) groups is 1. The van der Waals surface area contributed by atoms with Crippen molar-refractivity contribution in [2.45, 2.75) is 0 Å². The van der Waals surface area contributed by atoms with E-state index in [0.29, 0.717) is 22.8 Å². The molecule has 1 aliphatic rings. The maximum absolute atomic E-state index is 12.7. The summed E-state index contributed by atoms with van der Waals surface area (Å²) in [5.74, 6) is 1.05. The molecule has 0 saturated carbocycles. The maximum atomic E-state index is 12.7. The Kier molecular flexibility index (Phi) is 6.99. The molecule has 0 aliphatic carbocycles. The number of allylic oxidation sites excluding steroid dienone is 1. The average molecular weight is 418 g/mol. The predicted octanol–water partition coefficient (Wildman–Crippen LogP) is 2.99. The number of hydrogen-bond donors (Lipinski definition) is 1. The van der Waals surface area contributed by atoms with Crippen LogP contribution in [0.5, 0.6) is 34.5 Å². The molecule has 2 aromatic rings. The fourth-order valence-electron chi connectivity index (χ4n) is 2.76. The third-order valence-corrected chi connectivity index (χ3v) is 4.15. The van der Waals surface area contributed by atoms with Gasteiger partial charge in [-0.1, -0.05) is 0 Å². The van der Waals surface area contributed by atoms with Gasteiger partial charge in [-0.15, -0.1) is 0 Å². The van der Waals surface area contributed by atoms with Crippen LogP contribution in [-0.2, 0) is 9.47 Å². The molecule has 0 unspecified atom stereocenters. The standard InChI is InChI=1S/C21H22O9/c1-24-10-27-16-7-5-14(20(23)21(16)26-3)15(22)6-4-13-8-18-19(30-12-29-18)9-17(13)28-11-25-2/h4-9,23H,10-12H2,1-3H3/b6-4+. The Hall–Kier alpha value is -3.43. The highest BCUT2D eigenvalue weighted by atomic mass is 16.7. The van der Waals surface area contributed by atoms with Crippen LogP contribution in [0.15, 0.2) is 30.3 Å². The molecule has 2 aromatic carbocycles. The van der Waals surface area contributed by atoms with Gasteiger partial charge in [0.15, 0.2) is 42.4 Å². The largest absolute Gasteiger partial charge is 0.504 e. The van der Waals surface area contributed by atoms with Gasteiger partial charge in [0.1, 0.15) is 5.75 Å². The highest BCUT2D eigenvalue weighted by Gasteiger charge is 2.20. The summed E-state index contributed by atoms with van der Waals surface area (Å²) < 4.78 is 36.6. The van der Waals surface area contributed by atoms with Gasteiger partial charge in [-0.2, -0.15) is 0 Å². The number of methoxy groups -OCH3 is 3. The molecule has 1 aliphatic heterocycles. The molecule has 1 N–H and O–H groups in total. The maximum Gasteiger partial charge on any atom is 0.231 e. The minimum atomic E-state index is -0.445. The monoisotopic (exact) mass is 418 g/mol. The molecule has 9 nitrogen and oxygen atoms in total. The number of carbonyl (C=O) groups excluding carboxylic acids is 1. The molecule has 3 rings (SSSR count). The Balaban J connectivity index is 1.87. The van der Waals surface area contributed by atoms with Crippen molar-refractivity contribution < 1.29 is 43.1 Å². The SMILES string of the molecule is COCOc1cc2c(cc1/C=C/C(=O)c1ccc(OCOC)c(OC)c1O)OCO2.